The predicted octanol–water partition coefficient (Wildman–Crippen LogP) is 3.82. The van der Waals surface area contributed by atoms with E-state index >= 15 is 0 Å². The normalized spacial score (nSPS) is 11.0. The van der Waals surface area contributed by atoms with Crippen LogP contribution in [0.1, 0.15) is 38.7 Å². The van der Waals surface area contributed by atoms with Gasteiger partial charge in [-0.15, -0.1) is 24.0 Å². The third kappa shape index (κ3) is 8.33. The second-order valence-corrected chi connectivity index (χ2v) is 6.28. The zero-order chi connectivity index (χ0) is 18.7. The lowest BCUT2D eigenvalue weighted by Crippen LogP contribution is -2.37. The van der Waals surface area contributed by atoms with Crippen LogP contribution in [0.5, 0.6) is 17.2 Å². The Kier molecular flexibility index (Phi) is 13.0. The van der Waals surface area contributed by atoms with Crippen LogP contribution in [0.3, 0.4) is 0 Å². The summed E-state index contributed by atoms with van der Waals surface area (Å²) in [5, 5.41) is 6.66. The van der Waals surface area contributed by atoms with Gasteiger partial charge in [-0.25, -0.2) is 0 Å². The van der Waals surface area contributed by atoms with E-state index in [-0.39, 0.29) is 24.0 Å². The Bertz CT molecular complexity index is 526. The second-order valence-electron chi connectivity index (χ2n) is 6.28. The molecule has 26 heavy (non-hydrogen) atoms. The Morgan fingerprint density at radius 2 is 1.62 bits per heavy atom. The van der Waals surface area contributed by atoms with Crippen molar-refractivity contribution in [3.05, 3.63) is 17.7 Å². The Morgan fingerprint density at radius 3 is 2.08 bits per heavy atom. The van der Waals surface area contributed by atoms with E-state index in [1.54, 1.807) is 28.4 Å². The lowest BCUT2D eigenvalue weighted by atomic mass is 10.1. The van der Waals surface area contributed by atoms with Crippen LogP contribution in [-0.4, -0.2) is 40.9 Å². The Balaban J connectivity index is 0.00000625. The van der Waals surface area contributed by atoms with Gasteiger partial charge in [-0.1, -0.05) is 26.7 Å². The van der Waals surface area contributed by atoms with Crippen molar-refractivity contribution in [2.45, 2.75) is 39.7 Å². The van der Waals surface area contributed by atoms with E-state index in [1.165, 1.54) is 12.8 Å². The molecule has 0 unspecified atom stereocenters. The fourth-order valence-corrected chi connectivity index (χ4v) is 2.53. The average Bonchev–Trinajstić information content (AvgIpc) is 2.62. The number of unbranched alkanes of at least 4 members (excludes halogenated alkanes) is 1. The van der Waals surface area contributed by atoms with Crippen LogP contribution in [0.4, 0.5) is 0 Å². The first-order chi connectivity index (χ1) is 12.0. The predicted molar refractivity (Wildman–Crippen MR) is 118 cm³/mol. The van der Waals surface area contributed by atoms with Crippen LogP contribution in [0.15, 0.2) is 17.1 Å². The fraction of sp³-hybridized carbons (Fsp3) is 0.632. The second kappa shape index (κ2) is 13.8. The van der Waals surface area contributed by atoms with Gasteiger partial charge in [0.15, 0.2) is 17.5 Å². The molecule has 7 heteroatoms. The molecule has 150 valence electrons. The standard InChI is InChI=1S/C19H33N3O3.HI/c1-14(2)9-7-8-10-21-19(20-3)22-13-15-11-16(23-4)18(25-6)17(12-15)24-5;/h11-12,14H,7-10,13H2,1-6H3,(H2,20,21,22);1H. The Labute approximate surface area is 175 Å². The van der Waals surface area contributed by atoms with Crippen molar-refractivity contribution >= 4 is 29.9 Å². The molecule has 1 aromatic rings. The van der Waals surface area contributed by atoms with Gasteiger partial charge in [-0.3, -0.25) is 4.99 Å². The minimum absolute atomic E-state index is 0. The molecule has 2 N–H and O–H groups in total. The van der Waals surface area contributed by atoms with Crippen LogP contribution in [0.2, 0.25) is 0 Å². The van der Waals surface area contributed by atoms with Gasteiger partial charge in [0, 0.05) is 20.1 Å². The molecule has 0 heterocycles. The number of nitrogens with zero attached hydrogens (tertiary/aromatic N) is 1. The molecule has 1 aromatic carbocycles. The number of halogens is 1. The van der Waals surface area contributed by atoms with Crippen molar-refractivity contribution in [3.8, 4) is 17.2 Å². The summed E-state index contributed by atoms with van der Waals surface area (Å²) in [4.78, 5) is 4.26. The molecule has 0 spiro atoms. The molecule has 6 nitrogen and oxygen atoms in total. The van der Waals surface area contributed by atoms with Gasteiger partial charge in [-0.05, 0) is 30.0 Å². The van der Waals surface area contributed by atoms with E-state index in [9.17, 15) is 0 Å². The van der Waals surface area contributed by atoms with Gasteiger partial charge >= 0.3 is 0 Å². The SMILES string of the molecule is CN=C(NCCCCC(C)C)NCc1cc(OC)c(OC)c(OC)c1.I. The van der Waals surface area contributed by atoms with Gasteiger partial charge in [0.05, 0.1) is 21.3 Å². The van der Waals surface area contributed by atoms with Crippen molar-refractivity contribution in [2.75, 3.05) is 34.9 Å². The van der Waals surface area contributed by atoms with E-state index in [4.69, 9.17) is 14.2 Å². The summed E-state index contributed by atoms with van der Waals surface area (Å²) >= 11 is 0. The highest BCUT2D eigenvalue weighted by atomic mass is 127. The third-order valence-electron chi connectivity index (χ3n) is 3.91. The van der Waals surface area contributed by atoms with E-state index in [0.29, 0.717) is 23.8 Å². The number of guanidine groups is 1. The molecule has 0 aromatic heterocycles. The molecule has 0 amide bonds. The topological polar surface area (TPSA) is 64.1 Å². The van der Waals surface area contributed by atoms with Crippen LogP contribution in [0.25, 0.3) is 0 Å². The Hall–Kier alpha value is -1.38. The smallest absolute Gasteiger partial charge is 0.203 e. The van der Waals surface area contributed by atoms with Crippen LogP contribution in [0, 0.1) is 5.92 Å². The number of rotatable bonds is 10. The first kappa shape index (κ1) is 24.6. The van der Waals surface area contributed by atoms with Gasteiger partial charge in [-0.2, -0.15) is 0 Å². The third-order valence-corrected chi connectivity index (χ3v) is 3.91. The molecule has 0 aliphatic rings. The first-order valence-corrected chi connectivity index (χ1v) is 8.79. The highest BCUT2D eigenvalue weighted by Gasteiger charge is 2.13. The van der Waals surface area contributed by atoms with Crippen molar-refractivity contribution in [1.82, 2.24) is 10.6 Å². The number of benzene rings is 1. The largest absolute Gasteiger partial charge is 0.493 e. The van der Waals surface area contributed by atoms with Crippen LogP contribution >= 0.6 is 24.0 Å². The van der Waals surface area contributed by atoms with Crippen molar-refractivity contribution < 1.29 is 14.2 Å². The molecule has 0 atom stereocenters. The summed E-state index contributed by atoms with van der Waals surface area (Å²) in [5.74, 6) is 3.45. The van der Waals surface area contributed by atoms with E-state index < -0.39 is 0 Å². The molecule has 0 fully saturated rings. The van der Waals surface area contributed by atoms with Gasteiger partial charge in [0.2, 0.25) is 5.75 Å². The van der Waals surface area contributed by atoms with Crippen molar-refractivity contribution in [2.24, 2.45) is 10.9 Å². The molecule has 0 saturated carbocycles. The van der Waals surface area contributed by atoms with E-state index in [0.717, 1.165) is 30.4 Å². The molecule has 0 aliphatic carbocycles. The number of ether oxygens (including phenoxy) is 3. The number of nitrogens with one attached hydrogen (secondary N) is 2. The number of hydrogen-bond acceptors (Lipinski definition) is 4. The summed E-state index contributed by atoms with van der Waals surface area (Å²) in [6.45, 7) is 6.04. The lowest BCUT2D eigenvalue weighted by Gasteiger charge is -2.16. The molecular weight excluding hydrogens is 445 g/mol. The summed E-state index contributed by atoms with van der Waals surface area (Å²) < 4.78 is 16.1. The molecular formula is C19H34IN3O3. The quantitative estimate of drug-likeness (QED) is 0.231. The maximum Gasteiger partial charge on any atom is 0.203 e. The molecule has 1 rings (SSSR count). The van der Waals surface area contributed by atoms with Crippen LogP contribution < -0.4 is 24.8 Å². The van der Waals surface area contributed by atoms with Gasteiger partial charge in [0.25, 0.3) is 0 Å². The van der Waals surface area contributed by atoms with Gasteiger partial charge in [0.1, 0.15) is 0 Å². The van der Waals surface area contributed by atoms with Crippen molar-refractivity contribution in [3.63, 3.8) is 0 Å². The summed E-state index contributed by atoms with van der Waals surface area (Å²) in [5.41, 5.74) is 1.03. The van der Waals surface area contributed by atoms with Crippen molar-refractivity contribution in [1.29, 1.82) is 0 Å². The minimum atomic E-state index is 0. The van der Waals surface area contributed by atoms with E-state index in [1.807, 2.05) is 12.1 Å². The summed E-state index contributed by atoms with van der Waals surface area (Å²) in [7, 11) is 6.61. The number of methoxy groups -OCH3 is 3. The monoisotopic (exact) mass is 479 g/mol. The number of hydrogen-bond donors (Lipinski definition) is 2. The van der Waals surface area contributed by atoms with Crippen LogP contribution in [-0.2, 0) is 6.54 Å². The molecule has 0 bridgehead atoms. The van der Waals surface area contributed by atoms with Gasteiger partial charge < -0.3 is 24.8 Å². The molecule has 0 aliphatic heterocycles. The Morgan fingerprint density at radius 1 is 1.00 bits per heavy atom. The summed E-state index contributed by atoms with van der Waals surface area (Å²) in [6, 6.07) is 3.87. The number of aliphatic imine (C=N–C) groups is 1. The fourth-order valence-electron chi connectivity index (χ4n) is 2.53. The minimum Gasteiger partial charge on any atom is -0.493 e. The first-order valence-electron chi connectivity index (χ1n) is 8.79. The highest BCUT2D eigenvalue weighted by molar-refractivity contribution is 14.0. The summed E-state index contributed by atoms with van der Waals surface area (Å²) in [6.07, 6.45) is 3.64. The maximum absolute atomic E-state index is 5.38. The lowest BCUT2D eigenvalue weighted by molar-refractivity contribution is 0.323. The molecule has 0 saturated heterocycles. The molecule has 0 radical (unpaired) electrons. The average molecular weight is 479 g/mol. The zero-order valence-corrected chi connectivity index (χ0v) is 19.2. The highest BCUT2D eigenvalue weighted by Crippen LogP contribution is 2.38. The van der Waals surface area contributed by atoms with E-state index in [2.05, 4.69) is 29.5 Å². The zero-order valence-electron chi connectivity index (χ0n) is 16.8. The maximum atomic E-state index is 5.38.